The van der Waals surface area contributed by atoms with Crippen molar-refractivity contribution in [3.8, 4) is 11.1 Å². The normalized spacial score (nSPS) is 22.4. The Morgan fingerprint density at radius 3 is 2.53 bits per heavy atom. The number of carbonyl (C=O) groups is 2. The van der Waals surface area contributed by atoms with Gasteiger partial charge in [-0.2, -0.15) is 5.10 Å². The number of hydrogen-bond acceptors (Lipinski definition) is 8. The molecule has 0 spiro atoms. The Morgan fingerprint density at radius 2 is 1.80 bits per heavy atom. The van der Waals surface area contributed by atoms with E-state index >= 15 is 0 Å². The van der Waals surface area contributed by atoms with Crippen molar-refractivity contribution in [3.63, 3.8) is 0 Å². The molecular weight excluding hydrogens is 592 g/mol. The van der Waals surface area contributed by atoms with E-state index in [1.165, 1.54) is 19.0 Å². The van der Waals surface area contributed by atoms with Crippen LogP contribution in [-0.2, 0) is 16.1 Å². The van der Waals surface area contributed by atoms with Gasteiger partial charge in [-0.3, -0.25) is 14.5 Å². The summed E-state index contributed by atoms with van der Waals surface area (Å²) < 4.78 is 7.69. The minimum Gasteiger partial charge on any atom is -0.370 e. The van der Waals surface area contributed by atoms with E-state index < -0.39 is 0 Å². The molecule has 234 valence electrons. The van der Waals surface area contributed by atoms with Crippen molar-refractivity contribution < 1.29 is 14.3 Å². The number of carbonyl (C=O) groups excluding carboxylic acids is 2. The first kappa shape index (κ1) is 29.8. The fourth-order valence-electron chi connectivity index (χ4n) is 6.72. The summed E-state index contributed by atoms with van der Waals surface area (Å²) in [6.45, 7) is 4.62. The van der Waals surface area contributed by atoms with Gasteiger partial charge in [0.15, 0.2) is 11.6 Å². The van der Waals surface area contributed by atoms with Gasteiger partial charge in [0.25, 0.3) is 5.91 Å². The molecule has 2 aliphatic carbocycles. The number of piperazine rings is 1. The first-order valence-electron chi connectivity index (χ1n) is 15.8. The molecule has 1 unspecified atom stereocenters. The van der Waals surface area contributed by atoms with E-state index in [0.717, 1.165) is 48.9 Å². The molecule has 3 fully saturated rings. The lowest BCUT2D eigenvalue weighted by Crippen LogP contribution is -2.60. The fourth-order valence-corrected chi connectivity index (χ4v) is 6.84. The molecule has 0 radical (unpaired) electrons. The van der Waals surface area contributed by atoms with Crippen molar-refractivity contribution in [1.82, 2.24) is 34.4 Å². The highest BCUT2D eigenvalue weighted by atomic mass is 35.5. The average molecular weight is 629 g/mol. The second-order valence-corrected chi connectivity index (χ2v) is 12.9. The van der Waals surface area contributed by atoms with Gasteiger partial charge in [0, 0.05) is 74.1 Å². The van der Waals surface area contributed by atoms with Gasteiger partial charge in [0.2, 0.25) is 5.91 Å². The summed E-state index contributed by atoms with van der Waals surface area (Å²) in [7, 11) is 0. The van der Waals surface area contributed by atoms with Crippen LogP contribution >= 0.6 is 11.6 Å². The van der Waals surface area contributed by atoms with Crippen LogP contribution < -0.4 is 5.32 Å². The molecule has 11 nitrogen and oxygen atoms in total. The number of anilines is 1. The molecule has 2 amide bonds. The number of hydrogen-bond donors (Lipinski definition) is 1. The number of nitrogens with one attached hydrogen (secondary N) is 1. The zero-order chi connectivity index (χ0) is 30.9. The van der Waals surface area contributed by atoms with Crippen molar-refractivity contribution in [1.29, 1.82) is 0 Å². The van der Waals surface area contributed by atoms with Gasteiger partial charge in [0.1, 0.15) is 12.3 Å². The molecular formula is C33H37ClN8O3. The summed E-state index contributed by atoms with van der Waals surface area (Å²) in [5, 5.41) is 8.09. The zero-order valence-corrected chi connectivity index (χ0v) is 26.1. The summed E-state index contributed by atoms with van der Waals surface area (Å²) in [4.78, 5) is 43.4. The molecule has 4 aromatic heterocycles. The minimum absolute atomic E-state index is 0.00558. The summed E-state index contributed by atoms with van der Waals surface area (Å²) >= 11 is 5.92. The number of halogens is 1. The molecule has 4 aromatic rings. The highest BCUT2D eigenvalue weighted by Gasteiger charge is 2.41. The molecule has 45 heavy (non-hydrogen) atoms. The van der Waals surface area contributed by atoms with Crippen LogP contribution in [0.25, 0.3) is 16.6 Å². The number of rotatable bonds is 8. The van der Waals surface area contributed by atoms with Gasteiger partial charge in [0.05, 0.1) is 16.6 Å². The smallest absolute Gasteiger partial charge is 0.272 e. The topological polar surface area (TPSA) is 118 Å². The highest BCUT2D eigenvalue weighted by Crippen LogP contribution is 2.35. The maximum absolute atomic E-state index is 13.1. The van der Waals surface area contributed by atoms with Crippen molar-refractivity contribution in [2.75, 3.05) is 25.0 Å². The van der Waals surface area contributed by atoms with Crippen LogP contribution in [0.5, 0.6) is 0 Å². The monoisotopic (exact) mass is 628 g/mol. The van der Waals surface area contributed by atoms with Crippen LogP contribution in [0.15, 0.2) is 55.1 Å². The number of aromatic nitrogens is 5. The van der Waals surface area contributed by atoms with Crippen LogP contribution in [0.4, 0.5) is 5.82 Å². The van der Waals surface area contributed by atoms with E-state index in [4.69, 9.17) is 16.3 Å². The Bertz CT molecular complexity index is 1670. The largest absolute Gasteiger partial charge is 0.370 e. The molecule has 2 saturated carbocycles. The summed E-state index contributed by atoms with van der Waals surface area (Å²) in [6.07, 6.45) is 13.7. The molecule has 7 rings (SSSR count). The number of pyridine rings is 2. The summed E-state index contributed by atoms with van der Waals surface area (Å²) in [5.41, 5.74) is 3.17. The molecule has 0 aromatic carbocycles. The molecule has 5 heterocycles. The second kappa shape index (κ2) is 12.8. The quantitative estimate of drug-likeness (QED) is 0.294. The van der Waals surface area contributed by atoms with Gasteiger partial charge in [-0.1, -0.05) is 24.4 Å². The third kappa shape index (κ3) is 6.56. The maximum Gasteiger partial charge on any atom is 0.272 e. The molecule has 3 aliphatic rings. The number of amides is 2. The first-order valence-corrected chi connectivity index (χ1v) is 16.2. The van der Waals surface area contributed by atoms with Gasteiger partial charge in [-0.25, -0.2) is 19.5 Å². The van der Waals surface area contributed by atoms with Crippen LogP contribution in [0.1, 0.15) is 61.8 Å². The van der Waals surface area contributed by atoms with E-state index in [9.17, 15) is 9.59 Å². The van der Waals surface area contributed by atoms with Gasteiger partial charge in [-0.05, 0) is 62.4 Å². The number of fused-ring (bicyclic) bond motifs is 1. The van der Waals surface area contributed by atoms with Crippen LogP contribution in [-0.4, -0.2) is 84.0 Å². The SMILES string of the molecule is CC1CN(C(=O)c2ccc(Cl)cn2)CCN1C1CC(C(=O)Nc2cc3cc(-c4cnc(COC5CCCC5)nc4)ccn3n2)C1. The Balaban J connectivity index is 0.901. The summed E-state index contributed by atoms with van der Waals surface area (Å²) in [5.74, 6) is 1.09. The lowest BCUT2D eigenvalue weighted by molar-refractivity contribution is -0.125. The second-order valence-electron chi connectivity index (χ2n) is 12.4. The average Bonchev–Trinajstić information content (AvgIpc) is 3.69. The van der Waals surface area contributed by atoms with E-state index in [1.54, 1.807) is 16.6 Å². The zero-order valence-electron chi connectivity index (χ0n) is 25.3. The van der Waals surface area contributed by atoms with Gasteiger partial charge < -0.3 is 15.0 Å². The van der Waals surface area contributed by atoms with Crippen LogP contribution in [0.2, 0.25) is 5.02 Å². The third-order valence-electron chi connectivity index (χ3n) is 9.37. The molecule has 0 bridgehead atoms. The van der Waals surface area contributed by atoms with E-state index in [1.807, 2.05) is 41.7 Å². The van der Waals surface area contributed by atoms with Crippen molar-refractivity contribution in [2.45, 2.75) is 70.2 Å². The predicted molar refractivity (Wildman–Crippen MR) is 170 cm³/mol. The van der Waals surface area contributed by atoms with Crippen molar-refractivity contribution >= 4 is 34.7 Å². The Labute approximate surface area is 267 Å². The molecule has 1 aliphatic heterocycles. The Hall–Kier alpha value is -3.93. The maximum atomic E-state index is 13.1. The Kier molecular flexibility index (Phi) is 8.48. The molecule has 1 saturated heterocycles. The minimum atomic E-state index is -0.0743. The lowest BCUT2D eigenvalue weighted by atomic mass is 9.78. The van der Waals surface area contributed by atoms with E-state index in [2.05, 4.69) is 37.2 Å². The molecule has 12 heteroatoms. The lowest BCUT2D eigenvalue weighted by Gasteiger charge is -2.49. The van der Waals surface area contributed by atoms with E-state index in [0.29, 0.717) is 54.2 Å². The van der Waals surface area contributed by atoms with Gasteiger partial charge in [-0.15, -0.1) is 0 Å². The highest BCUT2D eigenvalue weighted by molar-refractivity contribution is 6.30. The number of ether oxygens (including phenoxy) is 1. The molecule has 1 N–H and O–H groups in total. The van der Waals surface area contributed by atoms with Crippen molar-refractivity contribution in [3.05, 3.63) is 71.7 Å². The standard InChI is InChI=1S/C33H37ClN8O3/c1-21-19-40(33(44)29-7-6-25(34)18-35-29)10-11-41(21)26-13-23(14-26)32(43)38-30-15-27-12-22(8-9-42(27)39-30)24-16-36-31(37-17-24)20-45-28-4-2-3-5-28/h6-9,12,15-18,21,23,26,28H,2-5,10-11,13-14,19-20H2,1H3,(H,38,39,43). The third-order valence-corrected chi connectivity index (χ3v) is 9.59. The molecule has 1 atom stereocenters. The Morgan fingerprint density at radius 1 is 1.00 bits per heavy atom. The van der Waals surface area contributed by atoms with Gasteiger partial charge >= 0.3 is 0 Å². The van der Waals surface area contributed by atoms with Crippen LogP contribution in [0.3, 0.4) is 0 Å². The van der Waals surface area contributed by atoms with Crippen molar-refractivity contribution in [2.24, 2.45) is 5.92 Å². The van der Waals surface area contributed by atoms with E-state index in [-0.39, 0.29) is 23.8 Å². The summed E-state index contributed by atoms with van der Waals surface area (Å²) in [6, 6.07) is 9.75. The van der Waals surface area contributed by atoms with Crippen LogP contribution in [0, 0.1) is 5.92 Å². The first-order chi connectivity index (χ1) is 21.9. The fraction of sp³-hybridized carbons (Fsp3) is 0.455. The number of nitrogens with zero attached hydrogens (tertiary/aromatic N) is 7. The predicted octanol–water partition coefficient (Wildman–Crippen LogP) is 4.86.